The molecule has 3 heterocycles. The van der Waals surface area contributed by atoms with Crippen LogP contribution in [0.1, 0.15) is 40.0 Å². The first-order valence-corrected chi connectivity index (χ1v) is 12.0. The molecular formula is C25H30FN9O3. The molecule has 1 amide bonds. The van der Waals surface area contributed by atoms with Crippen molar-refractivity contribution in [3.05, 3.63) is 64.9 Å². The first kappa shape index (κ1) is 26.7. The quantitative estimate of drug-likeness (QED) is 0.143. The number of nitrogens with one attached hydrogen (secondary N) is 3. The van der Waals surface area contributed by atoms with Gasteiger partial charge in [0.05, 0.1) is 31.5 Å². The highest BCUT2D eigenvalue weighted by molar-refractivity contribution is 5.95. The first-order valence-electron chi connectivity index (χ1n) is 12.0. The van der Waals surface area contributed by atoms with Gasteiger partial charge in [-0.2, -0.15) is 10.6 Å². The van der Waals surface area contributed by atoms with Crippen LogP contribution < -0.4 is 20.0 Å². The Morgan fingerprint density at radius 1 is 1.26 bits per heavy atom. The maximum absolute atomic E-state index is 15.1. The van der Waals surface area contributed by atoms with Crippen LogP contribution in [0, 0.1) is 16.8 Å². The van der Waals surface area contributed by atoms with E-state index in [9.17, 15) is 4.79 Å². The van der Waals surface area contributed by atoms with Crippen LogP contribution in [0.5, 0.6) is 5.75 Å². The third-order valence-corrected chi connectivity index (χ3v) is 6.25. The minimum atomic E-state index is -0.724. The molecule has 1 aliphatic rings. The molecule has 0 atom stereocenters. The van der Waals surface area contributed by atoms with Crippen molar-refractivity contribution < 1.29 is 18.7 Å². The molecule has 0 saturated carbocycles. The highest BCUT2D eigenvalue weighted by Gasteiger charge is 2.21. The van der Waals surface area contributed by atoms with Gasteiger partial charge in [-0.15, -0.1) is 0 Å². The van der Waals surface area contributed by atoms with Crippen molar-refractivity contribution in [2.24, 2.45) is 5.22 Å². The summed E-state index contributed by atoms with van der Waals surface area (Å²) < 4.78 is 27.0. The Balaban J connectivity index is 1.52. The number of hydrogen-bond acceptors (Lipinski definition) is 9. The van der Waals surface area contributed by atoms with Crippen LogP contribution in [0.15, 0.2) is 41.9 Å². The van der Waals surface area contributed by atoms with Gasteiger partial charge >= 0.3 is 0 Å². The van der Waals surface area contributed by atoms with E-state index in [1.165, 1.54) is 39.2 Å². The van der Waals surface area contributed by atoms with Crippen LogP contribution in [-0.2, 0) is 24.4 Å². The summed E-state index contributed by atoms with van der Waals surface area (Å²) >= 11 is 0. The second-order valence-electron chi connectivity index (χ2n) is 8.67. The average molecular weight is 524 g/mol. The highest BCUT2D eigenvalue weighted by Crippen LogP contribution is 2.30. The van der Waals surface area contributed by atoms with E-state index < -0.39 is 11.7 Å². The standard InChI is InChI=1S/C25H30FN9O3/c1-37-15-20-19(14-34(31-20)13-17-5-8-23(29-11-17)33-9-3-4-10-33)25(36)30-12-18-21(35(16-27)32-28)6-7-22(38-2)24(18)26/h5-8,11,14,16,27-28H,3-4,9-10,12-13,15H2,1-2H3,(H,30,36). The number of hydrogen-bond donors (Lipinski definition) is 3. The van der Waals surface area contributed by atoms with E-state index in [4.69, 9.17) is 20.4 Å². The number of halogens is 1. The largest absolute Gasteiger partial charge is 0.494 e. The third-order valence-electron chi connectivity index (χ3n) is 6.25. The molecule has 2 aromatic heterocycles. The fraction of sp³-hybridized carbons (Fsp3) is 0.360. The molecule has 0 bridgehead atoms. The molecule has 1 aliphatic heterocycles. The Bertz CT molecular complexity index is 1280. The average Bonchev–Trinajstić information content (AvgIpc) is 3.60. The predicted molar refractivity (Wildman–Crippen MR) is 138 cm³/mol. The van der Waals surface area contributed by atoms with Gasteiger partial charge in [-0.1, -0.05) is 11.3 Å². The summed E-state index contributed by atoms with van der Waals surface area (Å²) in [6.45, 7) is 2.31. The summed E-state index contributed by atoms with van der Waals surface area (Å²) in [5, 5.41) is 18.7. The lowest BCUT2D eigenvalue weighted by Crippen LogP contribution is -2.26. The van der Waals surface area contributed by atoms with Crippen molar-refractivity contribution in [1.29, 1.82) is 10.9 Å². The summed E-state index contributed by atoms with van der Waals surface area (Å²) in [4.78, 5) is 20.0. The van der Waals surface area contributed by atoms with Crippen molar-refractivity contribution in [1.82, 2.24) is 20.1 Å². The normalized spacial score (nSPS) is 12.9. The van der Waals surface area contributed by atoms with E-state index in [0.717, 1.165) is 35.8 Å². The Labute approximate surface area is 219 Å². The van der Waals surface area contributed by atoms with Crippen molar-refractivity contribution in [3.8, 4) is 5.75 Å². The molecule has 3 aromatic rings. The second kappa shape index (κ2) is 12.2. The van der Waals surface area contributed by atoms with Gasteiger partial charge < -0.3 is 19.7 Å². The second-order valence-corrected chi connectivity index (χ2v) is 8.67. The van der Waals surface area contributed by atoms with Gasteiger partial charge in [-0.05, 0) is 36.6 Å². The first-order chi connectivity index (χ1) is 18.5. The molecule has 200 valence electrons. The number of benzene rings is 1. The number of rotatable bonds is 12. The monoisotopic (exact) mass is 523 g/mol. The van der Waals surface area contributed by atoms with Gasteiger partial charge in [-0.3, -0.25) is 14.9 Å². The summed E-state index contributed by atoms with van der Waals surface area (Å²) in [6.07, 6.45) is 6.55. The number of aromatic nitrogens is 3. The van der Waals surface area contributed by atoms with Crippen LogP contribution >= 0.6 is 0 Å². The van der Waals surface area contributed by atoms with Gasteiger partial charge in [0.15, 0.2) is 11.6 Å². The lowest BCUT2D eigenvalue weighted by atomic mass is 10.1. The molecule has 1 fully saturated rings. The van der Waals surface area contributed by atoms with Gasteiger partial charge in [0.1, 0.15) is 17.9 Å². The number of pyridine rings is 1. The topological polar surface area (TPSA) is 145 Å². The molecule has 13 heteroatoms. The molecule has 0 unspecified atom stereocenters. The fourth-order valence-electron chi connectivity index (χ4n) is 4.35. The SMILES string of the molecule is COCc1nn(Cc2ccc(N3CCCC3)nc2)cc1C(=O)NCc1c(N(C=N)N=N)ccc(OC)c1F. The van der Waals surface area contributed by atoms with Crippen LogP contribution in [-0.4, -0.2) is 54.3 Å². The van der Waals surface area contributed by atoms with Crippen LogP contribution in [0.3, 0.4) is 0 Å². The lowest BCUT2D eigenvalue weighted by molar-refractivity contribution is 0.0945. The molecule has 0 aliphatic carbocycles. The Morgan fingerprint density at radius 2 is 2.05 bits per heavy atom. The molecule has 12 nitrogen and oxygen atoms in total. The molecule has 3 N–H and O–H groups in total. The number of anilines is 2. The Hall–Kier alpha value is -4.39. The molecule has 4 rings (SSSR count). The van der Waals surface area contributed by atoms with Crippen molar-refractivity contribution >= 4 is 23.8 Å². The third kappa shape index (κ3) is 5.78. The molecular weight excluding hydrogens is 493 g/mol. The van der Waals surface area contributed by atoms with Crippen LogP contribution in [0.25, 0.3) is 0 Å². The highest BCUT2D eigenvalue weighted by atomic mass is 19.1. The summed E-state index contributed by atoms with van der Waals surface area (Å²) in [5.74, 6) is -0.289. The number of carbonyl (C=O) groups excluding carboxylic acids is 1. The maximum atomic E-state index is 15.1. The predicted octanol–water partition coefficient (Wildman–Crippen LogP) is 3.51. The number of carbonyl (C=O) groups is 1. The lowest BCUT2D eigenvalue weighted by Gasteiger charge is -2.18. The summed E-state index contributed by atoms with van der Waals surface area (Å²) in [5.41, 5.74) is 9.06. The van der Waals surface area contributed by atoms with Crippen molar-refractivity contribution in [2.45, 2.75) is 32.5 Å². The molecule has 0 radical (unpaired) electrons. The van der Waals surface area contributed by atoms with E-state index in [-0.39, 0.29) is 35.7 Å². The van der Waals surface area contributed by atoms with Crippen LogP contribution in [0.2, 0.25) is 0 Å². The van der Waals surface area contributed by atoms with E-state index >= 15 is 4.39 Å². The minimum absolute atomic E-state index is 0.0158. The Morgan fingerprint density at radius 3 is 2.68 bits per heavy atom. The molecule has 1 saturated heterocycles. The number of nitrogens with zero attached hydrogens (tertiary/aromatic N) is 6. The number of amides is 1. The summed E-state index contributed by atoms with van der Waals surface area (Å²) in [7, 11) is 2.83. The van der Waals surface area contributed by atoms with Crippen LogP contribution in [0.4, 0.5) is 15.9 Å². The zero-order valence-corrected chi connectivity index (χ0v) is 21.3. The van der Waals surface area contributed by atoms with E-state index in [1.54, 1.807) is 10.9 Å². The Kier molecular flexibility index (Phi) is 8.58. The minimum Gasteiger partial charge on any atom is -0.494 e. The van der Waals surface area contributed by atoms with E-state index in [2.05, 4.69) is 25.5 Å². The molecule has 0 spiro atoms. The van der Waals surface area contributed by atoms with Gasteiger partial charge in [0, 0.05) is 44.7 Å². The number of methoxy groups -OCH3 is 2. The van der Waals surface area contributed by atoms with E-state index in [1.807, 2.05) is 18.3 Å². The fourth-order valence-corrected chi connectivity index (χ4v) is 4.35. The number of ether oxygens (including phenoxy) is 2. The summed E-state index contributed by atoms with van der Waals surface area (Å²) in [6, 6.07) is 6.82. The zero-order valence-electron chi connectivity index (χ0n) is 21.3. The maximum Gasteiger partial charge on any atom is 0.255 e. The molecule has 38 heavy (non-hydrogen) atoms. The van der Waals surface area contributed by atoms with Gasteiger partial charge in [0.2, 0.25) is 0 Å². The van der Waals surface area contributed by atoms with Crippen molar-refractivity contribution in [3.63, 3.8) is 0 Å². The smallest absolute Gasteiger partial charge is 0.255 e. The van der Waals surface area contributed by atoms with Crippen molar-refractivity contribution in [2.75, 3.05) is 37.2 Å². The van der Waals surface area contributed by atoms with Gasteiger partial charge in [-0.25, -0.2) is 14.4 Å². The molecule has 1 aromatic carbocycles. The van der Waals surface area contributed by atoms with Gasteiger partial charge in [0.25, 0.3) is 5.91 Å². The zero-order chi connectivity index (χ0) is 27.1. The van der Waals surface area contributed by atoms with E-state index in [0.29, 0.717) is 12.2 Å².